The van der Waals surface area contributed by atoms with Gasteiger partial charge in [-0.05, 0) is 29.3 Å². The molecular formula is C21H19Cl2N5O. The first-order valence-corrected chi connectivity index (χ1v) is 9.97. The summed E-state index contributed by atoms with van der Waals surface area (Å²) in [5, 5.41) is 9.30. The number of aryl methyl sites for hydroxylation is 1. The molecule has 2 N–H and O–H groups in total. The van der Waals surface area contributed by atoms with Crippen LogP contribution >= 0.6 is 23.2 Å². The van der Waals surface area contributed by atoms with Gasteiger partial charge in [0.25, 0.3) is 0 Å². The largest absolute Gasteiger partial charge is 0.361 e. The van der Waals surface area contributed by atoms with E-state index in [1.165, 1.54) is 6.33 Å². The second-order valence-electron chi connectivity index (χ2n) is 6.72. The molecular weight excluding hydrogens is 409 g/mol. The van der Waals surface area contributed by atoms with Crippen molar-refractivity contribution in [2.75, 3.05) is 6.54 Å². The number of halogens is 2. The third-order valence-electron chi connectivity index (χ3n) is 4.87. The van der Waals surface area contributed by atoms with Crippen molar-refractivity contribution in [3.63, 3.8) is 0 Å². The Morgan fingerprint density at radius 2 is 2.03 bits per heavy atom. The number of amides is 1. The van der Waals surface area contributed by atoms with Crippen molar-refractivity contribution in [3.05, 3.63) is 82.5 Å². The van der Waals surface area contributed by atoms with Gasteiger partial charge in [-0.3, -0.25) is 9.48 Å². The first-order valence-electron chi connectivity index (χ1n) is 9.22. The summed E-state index contributed by atoms with van der Waals surface area (Å²) in [6, 6.07) is 13.5. The maximum Gasteiger partial charge on any atom is 0.221 e. The molecule has 4 aromatic rings. The van der Waals surface area contributed by atoms with Gasteiger partial charge in [-0.25, -0.2) is 4.98 Å². The SMILES string of the molecule is O=C(CCn1cncn1)NCC(c1ccc(Cl)cc1Cl)c1c[nH]c2ccccc12. The van der Waals surface area contributed by atoms with Gasteiger partial charge >= 0.3 is 0 Å². The van der Waals surface area contributed by atoms with E-state index in [1.807, 2.05) is 36.5 Å². The summed E-state index contributed by atoms with van der Waals surface area (Å²) in [5.74, 6) is -0.179. The van der Waals surface area contributed by atoms with E-state index in [2.05, 4.69) is 26.4 Å². The third-order valence-corrected chi connectivity index (χ3v) is 5.43. The number of aromatic nitrogens is 4. The molecule has 148 valence electrons. The van der Waals surface area contributed by atoms with E-state index < -0.39 is 0 Å². The Kier molecular flexibility index (Phi) is 5.83. The number of H-pyrrole nitrogens is 1. The predicted octanol–water partition coefficient (Wildman–Crippen LogP) is 4.40. The summed E-state index contributed by atoms with van der Waals surface area (Å²) >= 11 is 12.6. The van der Waals surface area contributed by atoms with Crippen LogP contribution in [0.2, 0.25) is 10.0 Å². The van der Waals surface area contributed by atoms with Crippen molar-refractivity contribution in [2.45, 2.75) is 18.9 Å². The summed E-state index contributed by atoms with van der Waals surface area (Å²) in [7, 11) is 0. The quantitative estimate of drug-likeness (QED) is 0.458. The molecule has 1 unspecified atom stereocenters. The fraction of sp³-hybridized carbons (Fsp3) is 0.190. The summed E-state index contributed by atoms with van der Waals surface area (Å²) in [4.78, 5) is 19.6. The Balaban J connectivity index is 1.57. The van der Waals surface area contributed by atoms with Crippen LogP contribution in [-0.4, -0.2) is 32.2 Å². The highest BCUT2D eigenvalue weighted by Crippen LogP contribution is 2.35. The molecule has 1 amide bonds. The summed E-state index contributed by atoms with van der Waals surface area (Å²) < 4.78 is 1.63. The van der Waals surface area contributed by atoms with Crippen LogP contribution in [0.4, 0.5) is 0 Å². The molecule has 1 atom stereocenters. The number of hydrogen-bond acceptors (Lipinski definition) is 3. The molecule has 0 radical (unpaired) electrons. The van der Waals surface area contributed by atoms with Crippen LogP contribution in [0.1, 0.15) is 23.5 Å². The fourth-order valence-electron chi connectivity index (χ4n) is 3.42. The molecule has 0 aliphatic rings. The minimum Gasteiger partial charge on any atom is -0.361 e. The van der Waals surface area contributed by atoms with Crippen molar-refractivity contribution in [3.8, 4) is 0 Å². The van der Waals surface area contributed by atoms with Crippen LogP contribution in [0, 0.1) is 0 Å². The van der Waals surface area contributed by atoms with Crippen molar-refractivity contribution >= 4 is 40.0 Å². The Hall–Kier alpha value is -2.83. The van der Waals surface area contributed by atoms with Gasteiger partial charge < -0.3 is 10.3 Å². The van der Waals surface area contributed by atoms with Crippen molar-refractivity contribution in [2.24, 2.45) is 0 Å². The molecule has 2 heterocycles. The molecule has 0 spiro atoms. The Labute approximate surface area is 177 Å². The van der Waals surface area contributed by atoms with Gasteiger partial charge in [0.2, 0.25) is 5.91 Å². The highest BCUT2D eigenvalue weighted by atomic mass is 35.5. The number of aromatic amines is 1. The van der Waals surface area contributed by atoms with E-state index in [-0.39, 0.29) is 11.8 Å². The lowest BCUT2D eigenvalue weighted by atomic mass is 9.90. The van der Waals surface area contributed by atoms with E-state index in [0.29, 0.717) is 29.6 Å². The number of nitrogens with one attached hydrogen (secondary N) is 2. The van der Waals surface area contributed by atoms with Crippen LogP contribution in [0.3, 0.4) is 0 Å². The Morgan fingerprint density at radius 1 is 1.17 bits per heavy atom. The van der Waals surface area contributed by atoms with E-state index in [9.17, 15) is 4.79 Å². The molecule has 0 aliphatic carbocycles. The molecule has 6 nitrogen and oxygen atoms in total. The molecule has 0 aliphatic heterocycles. The maximum atomic E-state index is 12.4. The van der Waals surface area contributed by atoms with Crippen LogP contribution in [0.25, 0.3) is 10.9 Å². The fourth-order valence-corrected chi connectivity index (χ4v) is 3.96. The molecule has 0 saturated heterocycles. The topological polar surface area (TPSA) is 75.6 Å². The monoisotopic (exact) mass is 427 g/mol. The molecule has 0 fully saturated rings. The molecule has 8 heteroatoms. The Bertz CT molecular complexity index is 1120. The summed E-state index contributed by atoms with van der Waals surface area (Å²) in [5.41, 5.74) is 3.02. The van der Waals surface area contributed by atoms with Gasteiger partial charge in [-0.2, -0.15) is 5.10 Å². The lowest BCUT2D eigenvalue weighted by Gasteiger charge is -2.20. The van der Waals surface area contributed by atoms with Gasteiger partial charge in [0.15, 0.2) is 0 Å². The van der Waals surface area contributed by atoms with E-state index >= 15 is 0 Å². The molecule has 2 aromatic heterocycles. The normalized spacial score (nSPS) is 12.2. The minimum absolute atomic E-state index is 0.0598. The highest BCUT2D eigenvalue weighted by molar-refractivity contribution is 6.35. The molecule has 29 heavy (non-hydrogen) atoms. The van der Waals surface area contributed by atoms with Crippen LogP contribution in [0.5, 0.6) is 0 Å². The van der Waals surface area contributed by atoms with Gasteiger partial charge in [0.05, 0.1) is 6.54 Å². The highest BCUT2D eigenvalue weighted by Gasteiger charge is 2.21. The Morgan fingerprint density at radius 3 is 2.83 bits per heavy atom. The van der Waals surface area contributed by atoms with Crippen molar-refractivity contribution < 1.29 is 4.79 Å². The first-order chi connectivity index (χ1) is 14.1. The van der Waals surface area contributed by atoms with Gasteiger partial charge in [-0.1, -0.05) is 47.5 Å². The van der Waals surface area contributed by atoms with Crippen LogP contribution < -0.4 is 5.32 Å². The zero-order valence-electron chi connectivity index (χ0n) is 15.5. The van der Waals surface area contributed by atoms with E-state index in [0.717, 1.165) is 22.0 Å². The maximum absolute atomic E-state index is 12.4. The number of fused-ring (bicyclic) bond motifs is 1. The summed E-state index contributed by atoms with van der Waals surface area (Å²) in [6.07, 6.45) is 5.34. The van der Waals surface area contributed by atoms with Gasteiger partial charge in [0, 0.05) is 46.0 Å². The number of rotatable bonds is 7. The van der Waals surface area contributed by atoms with Crippen LogP contribution in [0.15, 0.2) is 61.3 Å². The molecule has 0 bridgehead atoms. The number of hydrogen-bond donors (Lipinski definition) is 2. The number of nitrogens with zero attached hydrogens (tertiary/aromatic N) is 3. The zero-order valence-corrected chi connectivity index (χ0v) is 17.0. The minimum atomic E-state index is -0.119. The smallest absolute Gasteiger partial charge is 0.221 e. The van der Waals surface area contributed by atoms with E-state index in [1.54, 1.807) is 17.1 Å². The van der Waals surface area contributed by atoms with Crippen molar-refractivity contribution in [1.82, 2.24) is 25.1 Å². The lowest BCUT2D eigenvalue weighted by molar-refractivity contribution is -0.121. The average molecular weight is 428 g/mol. The average Bonchev–Trinajstić information content (AvgIpc) is 3.38. The number of para-hydroxylation sites is 1. The van der Waals surface area contributed by atoms with E-state index in [4.69, 9.17) is 23.2 Å². The number of benzene rings is 2. The second kappa shape index (κ2) is 8.68. The van der Waals surface area contributed by atoms with Gasteiger partial charge in [-0.15, -0.1) is 0 Å². The standard InChI is InChI=1S/C21H19Cl2N5O/c22-14-5-6-15(19(23)9-14)17(18-10-25-20-4-2-1-3-16(18)20)11-26-21(29)7-8-28-13-24-12-27-28/h1-6,9-10,12-13,17,25H,7-8,11H2,(H,26,29). The summed E-state index contributed by atoms with van der Waals surface area (Å²) in [6.45, 7) is 0.894. The zero-order chi connectivity index (χ0) is 20.2. The molecule has 4 rings (SSSR count). The molecule has 0 saturated carbocycles. The third kappa shape index (κ3) is 4.44. The number of carbonyl (C=O) groups excluding carboxylic acids is 1. The first kappa shape index (κ1) is 19.5. The van der Waals surface area contributed by atoms with Crippen LogP contribution in [-0.2, 0) is 11.3 Å². The predicted molar refractivity (Wildman–Crippen MR) is 114 cm³/mol. The number of carbonyl (C=O) groups is 1. The lowest BCUT2D eigenvalue weighted by Crippen LogP contribution is -2.29. The second-order valence-corrected chi connectivity index (χ2v) is 7.56. The molecule has 2 aromatic carbocycles. The van der Waals surface area contributed by atoms with Gasteiger partial charge in [0.1, 0.15) is 12.7 Å². The van der Waals surface area contributed by atoms with Crippen molar-refractivity contribution in [1.29, 1.82) is 0 Å².